The van der Waals surface area contributed by atoms with Crippen LogP contribution in [0.1, 0.15) is 6.92 Å². The average molecular weight is 291 g/mol. The number of hydrogen-bond acceptors (Lipinski definition) is 3. The molecule has 0 aliphatic heterocycles. The lowest BCUT2D eigenvalue weighted by atomic mass is 10.0. The van der Waals surface area contributed by atoms with Crippen molar-refractivity contribution in [1.82, 2.24) is 0 Å². The van der Waals surface area contributed by atoms with Crippen LogP contribution >= 0.6 is 0 Å². The summed E-state index contributed by atoms with van der Waals surface area (Å²) in [6.45, 7) is 1.05. The first-order valence-electron chi connectivity index (χ1n) is 6.31. The van der Waals surface area contributed by atoms with Gasteiger partial charge in [-0.25, -0.2) is 8.42 Å². The molecule has 5 heteroatoms. The van der Waals surface area contributed by atoms with E-state index in [-0.39, 0.29) is 0 Å². The number of nitrogens with one attached hydrogen (secondary N) is 1. The highest BCUT2D eigenvalue weighted by atomic mass is 32.2. The minimum Gasteiger partial charge on any atom is -0.395 e. The van der Waals surface area contributed by atoms with Gasteiger partial charge >= 0.3 is 0 Å². The van der Waals surface area contributed by atoms with Gasteiger partial charge < -0.3 is 5.11 Å². The van der Waals surface area contributed by atoms with E-state index in [2.05, 4.69) is 4.72 Å². The molecule has 2 aromatic carbocycles. The lowest BCUT2D eigenvalue weighted by molar-refractivity contribution is 0.296. The fourth-order valence-corrected chi connectivity index (χ4v) is 2.68. The molecule has 1 atom stereocenters. The maximum Gasteiger partial charge on any atom is 0.237 e. The molecule has 20 heavy (non-hydrogen) atoms. The van der Waals surface area contributed by atoms with E-state index in [1.54, 1.807) is 12.1 Å². The van der Waals surface area contributed by atoms with Crippen LogP contribution < -0.4 is 4.72 Å². The molecule has 0 aromatic heterocycles. The normalized spacial score (nSPS) is 12.9. The van der Waals surface area contributed by atoms with Crippen molar-refractivity contribution in [3.8, 4) is 11.1 Å². The third-order valence-electron chi connectivity index (χ3n) is 3.05. The molecule has 0 heterocycles. The maximum atomic E-state index is 12.0. The summed E-state index contributed by atoms with van der Waals surface area (Å²) < 4.78 is 26.6. The van der Waals surface area contributed by atoms with Gasteiger partial charge in [0.15, 0.2) is 0 Å². The first kappa shape index (κ1) is 14.6. The Bertz CT molecular complexity index is 669. The summed E-state index contributed by atoms with van der Waals surface area (Å²) in [5, 5.41) is 8.16. The summed E-state index contributed by atoms with van der Waals surface area (Å²) in [7, 11) is -3.59. The van der Waals surface area contributed by atoms with E-state index < -0.39 is 21.9 Å². The van der Waals surface area contributed by atoms with Crippen molar-refractivity contribution >= 4 is 15.7 Å². The van der Waals surface area contributed by atoms with Gasteiger partial charge in [0.2, 0.25) is 10.0 Å². The van der Waals surface area contributed by atoms with E-state index in [4.69, 9.17) is 5.11 Å². The van der Waals surface area contributed by atoms with E-state index in [1.165, 1.54) is 6.92 Å². The summed E-state index contributed by atoms with van der Waals surface area (Å²) in [4.78, 5) is 0. The van der Waals surface area contributed by atoms with Gasteiger partial charge in [-0.05, 0) is 18.6 Å². The van der Waals surface area contributed by atoms with Gasteiger partial charge in [0.05, 0.1) is 12.3 Å². The molecule has 2 N–H and O–H groups in total. The second kappa shape index (κ2) is 6.07. The lowest BCUT2D eigenvalue weighted by Crippen LogP contribution is -2.28. The van der Waals surface area contributed by atoms with Gasteiger partial charge in [-0.15, -0.1) is 0 Å². The van der Waals surface area contributed by atoms with Crippen LogP contribution in [0.2, 0.25) is 0 Å². The Kier molecular flexibility index (Phi) is 4.42. The molecule has 0 amide bonds. The third kappa shape index (κ3) is 3.18. The van der Waals surface area contributed by atoms with Crippen LogP contribution in [-0.4, -0.2) is 25.4 Å². The van der Waals surface area contributed by atoms with Crippen molar-refractivity contribution in [2.75, 3.05) is 11.3 Å². The molecule has 0 aliphatic rings. The predicted octanol–water partition coefficient (Wildman–Crippen LogP) is 2.48. The molecule has 0 radical (unpaired) electrons. The lowest BCUT2D eigenvalue weighted by Gasteiger charge is -2.15. The summed E-state index contributed by atoms with van der Waals surface area (Å²) in [5.41, 5.74) is 2.25. The van der Waals surface area contributed by atoms with Gasteiger partial charge in [-0.3, -0.25) is 4.72 Å². The second-order valence-electron chi connectivity index (χ2n) is 4.55. The number of aliphatic hydroxyl groups is 1. The number of aliphatic hydroxyl groups excluding tert-OH is 1. The Morgan fingerprint density at radius 2 is 1.65 bits per heavy atom. The Morgan fingerprint density at radius 3 is 2.30 bits per heavy atom. The van der Waals surface area contributed by atoms with Gasteiger partial charge in [-0.2, -0.15) is 0 Å². The molecule has 0 bridgehead atoms. The Hall–Kier alpha value is -1.85. The van der Waals surface area contributed by atoms with Crippen molar-refractivity contribution in [1.29, 1.82) is 0 Å². The van der Waals surface area contributed by atoms with E-state index in [1.807, 2.05) is 42.5 Å². The van der Waals surface area contributed by atoms with Crippen LogP contribution in [0, 0.1) is 0 Å². The average Bonchev–Trinajstić information content (AvgIpc) is 2.47. The zero-order valence-corrected chi connectivity index (χ0v) is 12.0. The monoisotopic (exact) mass is 291 g/mol. The number of benzene rings is 2. The highest BCUT2D eigenvalue weighted by Crippen LogP contribution is 2.28. The predicted molar refractivity (Wildman–Crippen MR) is 81.0 cm³/mol. The summed E-state index contributed by atoms with van der Waals surface area (Å²) >= 11 is 0. The Labute approximate surface area is 119 Å². The van der Waals surface area contributed by atoms with Crippen LogP contribution in [-0.2, 0) is 10.0 Å². The smallest absolute Gasteiger partial charge is 0.237 e. The number of hydrogen-bond donors (Lipinski definition) is 2. The third-order valence-corrected chi connectivity index (χ3v) is 4.76. The summed E-state index contributed by atoms with van der Waals surface area (Å²) in [5.74, 6) is 0. The SMILES string of the molecule is CC(CO)S(=O)(=O)Nc1ccccc1-c1ccccc1. The highest BCUT2D eigenvalue weighted by Gasteiger charge is 2.20. The van der Waals surface area contributed by atoms with Gasteiger partial charge in [0, 0.05) is 5.56 Å². The molecule has 0 fully saturated rings. The fourth-order valence-electron chi connectivity index (χ4n) is 1.79. The van der Waals surface area contributed by atoms with Crippen molar-refractivity contribution in [2.45, 2.75) is 12.2 Å². The fraction of sp³-hybridized carbons (Fsp3) is 0.200. The molecular formula is C15H17NO3S. The van der Waals surface area contributed by atoms with Crippen molar-refractivity contribution < 1.29 is 13.5 Å². The molecule has 106 valence electrons. The molecule has 0 saturated heterocycles. The van der Waals surface area contributed by atoms with Crippen LogP contribution in [0.4, 0.5) is 5.69 Å². The first-order chi connectivity index (χ1) is 9.54. The van der Waals surface area contributed by atoms with Gasteiger partial charge in [0.1, 0.15) is 5.25 Å². The van der Waals surface area contributed by atoms with E-state index >= 15 is 0 Å². The second-order valence-corrected chi connectivity index (χ2v) is 6.65. The Morgan fingerprint density at radius 1 is 1.05 bits per heavy atom. The molecule has 1 unspecified atom stereocenters. The summed E-state index contributed by atoms with van der Waals surface area (Å²) in [6, 6.07) is 16.7. The number of rotatable bonds is 5. The molecule has 2 rings (SSSR count). The van der Waals surface area contributed by atoms with E-state index in [9.17, 15) is 8.42 Å². The number of sulfonamides is 1. The molecule has 0 spiro atoms. The maximum absolute atomic E-state index is 12.0. The van der Waals surface area contributed by atoms with Crippen LogP contribution in [0.15, 0.2) is 54.6 Å². The van der Waals surface area contributed by atoms with Gasteiger partial charge in [0.25, 0.3) is 0 Å². The molecule has 0 aliphatic carbocycles. The van der Waals surface area contributed by atoms with Crippen LogP contribution in [0.25, 0.3) is 11.1 Å². The van der Waals surface area contributed by atoms with Crippen LogP contribution in [0.5, 0.6) is 0 Å². The van der Waals surface area contributed by atoms with Crippen LogP contribution in [0.3, 0.4) is 0 Å². The molecule has 2 aromatic rings. The minimum absolute atomic E-state index is 0.414. The zero-order chi connectivity index (χ0) is 14.6. The van der Waals surface area contributed by atoms with Crippen molar-refractivity contribution in [3.05, 3.63) is 54.6 Å². The summed E-state index contributed by atoms with van der Waals surface area (Å²) in [6.07, 6.45) is 0. The van der Waals surface area contributed by atoms with E-state index in [0.29, 0.717) is 5.69 Å². The standard InChI is InChI=1S/C15H17NO3S/c1-12(11-17)20(18,19)16-15-10-6-5-9-14(15)13-7-3-2-4-8-13/h2-10,12,16-17H,11H2,1H3. The molecular weight excluding hydrogens is 274 g/mol. The zero-order valence-electron chi connectivity index (χ0n) is 11.2. The quantitative estimate of drug-likeness (QED) is 0.889. The topological polar surface area (TPSA) is 66.4 Å². The first-order valence-corrected chi connectivity index (χ1v) is 7.86. The molecule has 0 saturated carbocycles. The Balaban J connectivity index is 2.40. The largest absolute Gasteiger partial charge is 0.395 e. The van der Waals surface area contributed by atoms with Gasteiger partial charge in [-0.1, -0.05) is 48.5 Å². The minimum atomic E-state index is -3.59. The highest BCUT2D eigenvalue weighted by molar-refractivity contribution is 7.93. The number of anilines is 1. The molecule has 4 nitrogen and oxygen atoms in total. The van der Waals surface area contributed by atoms with E-state index in [0.717, 1.165) is 11.1 Å². The number of para-hydroxylation sites is 1. The van der Waals surface area contributed by atoms with Crippen molar-refractivity contribution in [3.63, 3.8) is 0 Å². The van der Waals surface area contributed by atoms with Crippen molar-refractivity contribution in [2.24, 2.45) is 0 Å².